The molecule has 0 fully saturated rings. The molecular formula is C43H59N5O9SSi. The van der Waals surface area contributed by atoms with E-state index in [1.807, 2.05) is 91.0 Å². The van der Waals surface area contributed by atoms with E-state index in [2.05, 4.69) is 45.3 Å². The summed E-state index contributed by atoms with van der Waals surface area (Å²) in [6.45, 7) is 11.9. The van der Waals surface area contributed by atoms with Gasteiger partial charge in [-0.25, -0.2) is 13.4 Å². The van der Waals surface area contributed by atoms with Gasteiger partial charge in [-0.3, -0.25) is 14.4 Å². The van der Waals surface area contributed by atoms with Crippen LogP contribution in [0.1, 0.15) is 59.6 Å². The van der Waals surface area contributed by atoms with Crippen molar-refractivity contribution in [2.24, 2.45) is 0 Å². The number of amides is 3. The average molecular weight is 850 g/mol. The lowest BCUT2D eigenvalue weighted by atomic mass is 9.95. The normalized spacial score (nSPS) is 15.0. The average Bonchev–Trinajstić information content (AvgIpc) is 3.60. The van der Waals surface area contributed by atoms with Crippen LogP contribution in [-0.4, -0.2) is 82.9 Å². The second kappa shape index (κ2) is 20.5. The maximum Gasteiger partial charge on any atom is 0.273 e. The van der Waals surface area contributed by atoms with Crippen molar-refractivity contribution in [3.63, 3.8) is 0 Å². The van der Waals surface area contributed by atoms with Crippen LogP contribution in [0.2, 0.25) is 25.7 Å². The number of hydrogen-bond donors (Lipinski definition) is 4. The Morgan fingerprint density at radius 3 is 1.59 bits per heavy atom. The van der Waals surface area contributed by atoms with Gasteiger partial charge < -0.3 is 34.6 Å². The quantitative estimate of drug-likeness (QED) is 0.0722. The molecule has 0 aliphatic rings. The van der Waals surface area contributed by atoms with Gasteiger partial charge in [0.2, 0.25) is 27.7 Å². The molecule has 0 aliphatic heterocycles. The molecule has 4 aromatic rings. The molecule has 1 heterocycles. The number of sulfonamides is 1. The summed E-state index contributed by atoms with van der Waals surface area (Å²) < 4.78 is 54.1. The van der Waals surface area contributed by atoms with Crippen LogP contribution in [0.25, 0.3) is 0 Å². The van der Waals surface area contributed by atoms with Gasteiger partial charge in [0.15, 0.2) is 5.69 Å². The smallest absolute Gasteiger partial charge is 0.273 e. The van der Waals surface area contributed by atoms with E-state index < -0.39 is 52.4 Å². The van der Waals surface area contributed by atoms with Crippen LogP contribution in [0.15, 0.2) is 95.4 Å². The fraction of sp³-hybridized carbons (Fsp3) is 0.442. The number of ether oxygens (including phenoxy) is 3. The first-order valence-electron chi connectivity index (χ1n) is 19.5. The third kappa shape index (κ3) is 14.2. The molecule has 320 valence electrons. The van der Waals surface area contributed by atoms with Gasteiger partial charge in [0.05, 0.1) is 45.4 Å². The monoisotopic (exact) mass is 849 g/mol. The number of nitrogens with one attached hydrogen (secondary N) is 4. The predicted molar refractivity (Wildman–Crippen MR) is 228 cm³/mol. The molecular weight excluding hydrogens is 791 g/mol. The van der Waals surface area contributed by atoms with Gasteiger partial charge in [0.25, 0.3) is 5.91 Å². The van der Waals surface area contributed by atoms with Crippen molar-refractivity contribution >= 4 is 35.8 Å². The molecule has 0 spiro atoms. The molecule has 0 bridgehead atoms. The van der Waals surface area contributed by atoms with E-state index in [-0.39, 0.29) is 62.7 Å². The van der Waals surface area contributed by atoms with Gasteiger partial charge in [0.1, 0.15) is 22.4 Å². The Morgan fingerprint density at radius 1 is 0.695 bits per heavy atom. The summed E-state index contributed by atoms with van der Waals surface area (Å²) in [7, 11) is -4.33. The van der Waals surface area contributed by atoms with Crippen LogP contribution in [0.4, 0.5) is 0 Å². The number of rotatable bonds is 23. The first kappa shape index (κ1) is 47.0. The third-order valence-corrected chi connectivity index (χ3v) is 13.1. The number of oxazole rings is 1. The van der Waals surface area contributed by atoms with E-state index in [1.54, 1.807) is 13.8 Å². The fourth-order valence-corrected chi connectivity index (χ4v) is 10.3. The van der Waals surface area contributed by atoms with Crippen LogP contribution in [0.5, 0.6) is 0 Å². The Bertz CT molecular complexity index is 2100. The number of carbonyl (C=O) groups is 3. The maximum absolute atomic E-state index is 14.8. The minimum Gasteiger partial charge on any atom is -0.442 e. The van der Waals surface area contributed by atoms with Crippen molar-refractivity contribution in [3.8, 4) is 0 Å². The number of nitrogens with zero attached hydrogens (tertiary/aromatic N) is 1. The van der Waals surface area contributed by atoms with E-state index in [0.717, 1.165) is 16.7 Å². The maximum atomic E-state index is 14.8. The van der Waals surface area contributed by atoms with Gasteiger partial charge >= 0.3 is 0 Å². The standard InChI is InChI=1S/C43H59N5O9SSi/c1-32-36(37(49)44-5)45-40(57-32)43(4,31-56-28-35-22-16-11-17-23-35)47-38(50)41(2,29-54-26-33-18-12-9-13-19-33)46-39(51)42(3,30-55-27-34-20-14-10-15-21-34)48-58(52,53)24-25-59(6,7)8/h9-23,48H,24-31H2,1-8H3,(H,44,49)(H,46,51)(H,47,50)/t41-,42-,43-/m0/s1. The Morgan fingerprint density at radius 2 is 1.14 bits per heavy atom. The summed E-state index contributed by atoms with van der Waals surface area (Å²) in [4.78, 5) is 46.6. The highest BCUT2D eigenvalue weighted by Gasteiger charge is 2.47. The van der Waals surface area contributed by atoms with Gasteiger partial charge in [-0.15, -0.1) is 0 Å². The molecule has 1 aromatic heterocycles. The minimum absolute atomic E-state index is 0.0109. The number of benzene rings is 3. The lowest BCUT2D eigenvalue weighted by Crippen LogP contribution is -2.69. The van der Waals surface area contributed by atoms with Gasteiger partial charge in [-0.1, -0.05) is 111 Å². The van der Waals surface area contributed by atoms with Crippen LogP contribution in [0.3, 0.4) is 0 Å². The van der Waals surface area contributed by atoms with E-state index in [1.165, 1.54) is 20.9 Å². The molecule has 16 heteroatoms. The highest BCUT2D eigenvalue weighted by molar-refractivity contribution is 7.89. The fourth-order valence-electron chi connectivity index (χ4n) is 5.87. The molecule has 3 aromatic carbocycles. The van der Waals surface area contributed by atoms with E-state index in [0.29, 0.717) is 6.04 Å². The van der Waals surface area contributed by atoms with Crippen LogP contribution in [-0.2, 0) is 59.2 Å². The minimum atomic E-state index is -4.01. The first-order valence-corrected chi connectivity index (χ1v) is 24.8. The van der Waals surface area contributed by atoms with Crippen molar-refractivity contribution in [1.82, 2.24) is 25.7 Å². The molecule has 3 atom stereocenters. The highest BCUT2D eigenvalue weighted by Crippen LogP contribution is 2.26. The Labute approximate surface area is 349 Å². The van der Waals surface area contributed by atoms with Gasteiger partial charge in [0, 0.05) is 15.1 Å². The molecule has 0 aliphatic carbocycles. The summed E-state index contributed by atoms with van der Waals surface area (Å²) in [6, 6.07) is 28.5. The molecule has 4 rings (SSSR count). The van der Waals surface area contributed by atoms with Gasteiger partial charge in [-0.2, -0.15) is 4.72 Å². The summed E-state index contributed by atoms with van der Waals surface area (Å²) >= 11 is 0. The van der Waals surface area contributed by atoms with Gasteiger partial charge in [-0.05, 0) is 50.4 Å². The number of aryl methyl sites for hydroxylation is 1. The summed E-state index contributed by atoms with van der Waals surface area (Å²) in [5.41, 5.74) is -2.63. The highest BCUT2D eigenvalue weighted by atomic mass is 32.2. The zero-order valence-corrected chi connectivity index (χ0v) is 37.2. The Kier molecular flexibility index (Phi) is 16.3. The van der Waals surface area contributed by atoms with E-state index in [4.69, 9.17) is 18.6 Å². The molecule has 3 amide bonds. The zero-order valence-electron chi connectivity index (χ0n) is 35.3. The van der Waals surface area contributed by atoms with Crippen molar-refractivity contribution < 1.29 is 41.4 Å². The van der Waals surface area contributed by atoms with Crippen LogP contribution < -0.4 is 20.7 Å². The number of aromatic nitrogens is 1. The molecule has 59 heavy (non-hydrogen) atoms. The number of carbonyl (C=O) groups excluding carboxylic acids is 3. The van der Waals surface area contributed by atoms with Crippen LogP contribution in [0, 0.1) is 6.92 Å². The van der Waals surface area contributed by atoms with Crippen molar-refractivity contribution in [1.29, 1.82) is 0 Å². The molecule has 0 unspecified atom stereocenters. The third-order valence-electron chi connectivity index (χ3n) is 9.50. The van der Waals surface area contributed by atoms with E-state index in [9.17, 15) is 22.8 Å². The lowest BCUT2D eigenvalue weighted by Gasteiger charge is -2.38. The Hall–Kier alpha value is -4.71. The van der Waals surface area contributed by atoms with E-state index >= 15 is 0 Å². The van der Waals surface area contributed by atoms with Crippen LogP contribution >= 0.6 is 0 Å². The molecule has 0 saturated heterocycles. The zero-order chi connectivity index (χ0) is 43.3. The second-order valence-corrected chi connectivity index (χ2v) is 24.0. The van der Waals surface area contributed by atoms with Crippen molar-refractivity contribution in [3.05, 3.63) is 125 Å². The topological polar surface area (TPSA) is 187 Å². The lowest BCUT2D eigenvalue weighted by molar-refractivity contribution is -0.141. The second-order valence-electron chi connectivity index (χ2n) is 16.6. The molecule has 14 nitrogen and oxygen atoms in total. The predicted octanol–water partition coefficient (Wildman–Crippen LogP) is 5.22. The molecule has 0 radical (unpaired) electrons. The number of hydrogen-bond acceptors (Lipinski definition) is 10. The largest absolute Gasteiger partial charge is 0.442 e. The molecule has 4 N–H and O–H groups in total. The summed E-state index contributed by atoms with van der Waals surface area (Å²) in [6.07, 6.45) is 0. The SMILES string of the molecule is CNC(=O)c1nc([C@](C)(COCc2ccccc2)NC(=O)[C@](C)(COCc2ccccc2)NC(=O)[C@](C)(COCc2ccccc2)NS(=O)(=O)CC[Si](C)(C)C)oc1C. The summed E-state index contributed by atoms with van der Waals surface area (Å²) in [5.74, 6) is -2.00. The molecule has 0 saturated carbocycles. The summed E-state index contributed by atoms with van der Waals surface area (Å²) in [5, 5.41) is 8.35. The Balaban J connectivity index is 1.69. The first-order chi connectivity index (χ1) is 27.8. The van der Waals surface area contributed by atoms with Crippen molar-refractivity contribution in [2.75, 3.05) is 32.6 Å². The van der Waals surface area contributed by atoms with Crippen molar-refractivity contribution in [2.45, 2.75) is 89.8 Å².